The largest absolute Gasteiger partial charge is 0.315 e. The molecule has 0 bridgehead atoms. The molecule has 0 saturated heterocycles. The van der Waals surface area contributed by atoms with E-state index in [2.05, 4.69) is 41.5 Å². The minimum absolute atomic E-state index is 0.620. The Kier molecular flexibility index (Phi) is 8.22. The van der Waals surface area contributed by atoms with Gasteiger partial charge in [0, 0.05) is 18.0 Å². The number of unbranched alkanes of at least 4 members (excludes halogenated alkanes) is 3. The van der Waals surface area contributed by atoms with E-state index in [4.69, 9.17) is 0 Å². The van der Waals surface area contributed by atoms with Crippen LogP contribution in [0.2, 0.25) is 0 Å². The normalized spacial score (nSPS) is 11.6. The van der Waals surface area contributed by atoms with Crippen molar-refractivity contribution >= 4 is 11.3 Å². The summed E-state index contributed by atoms with van der Waals surface area (Å²) in [6.07, 6.45) is 5.27. The summed E-state index contributed by atoms with van der Waals surface area (Å²) >= 11 is 1.68. The van der Waals surface area contributed by atoms with Gasteiger partial charge in [-0.05, 0) is 33.0 Å². The molecule has 0 aliphatic heterocycles. The molecule has 0 aliphatic carbocycles. The minimum Gasteiger partial charge on any atom is -0.315 e. The van der Waals surface area contributed by atoms with Crippen molar-refractivity contribution < 1.29 is 0 Å². The Bertz CT molecular complexity index is 285. The van der Waals surface area contributed by atoms with Gasteiger partial charge in [-0.2, -0.15) is 0 Å². The van der Waals surface area contributed by atoms with Gasteiger partial charge in [0.15, 0.2) is 0 Å². The minimum atomic E-state index is 0.620. The molecule has 1 aromatic rings. The Hall–Kier alpha value is -0.450. The maximum atomic E-state index is 4.31. The van der Waals surface area contributed by atoms with Crippen LogP contribution in [0.25, 0.3) is 0 Å². The molecule has 0 spiro atoms. The van der Waals surface area contributed by atoms with Crippen molar-refractivity contribution in [2.24, 2.45) is 0 Å². The number of nitrogens with zero attached hydrogens (tertiary/aromatic N) is 2. The SMILES string of the molecule is CC(C)NCCCCCCN(C)Cc1cscn1. The third-order valence-electron chi connectivity index (χ3n) is 2.93. The van der Waals surface area contributed by atoms with Crippen molar-refractivity contribution in [3.05, 3.63) is 16.6 Å². The fourth-order valence-corrected chi connectivity index (χ4v) is 2.47. The molecule has 4 heteroatoms. The maximum Gasteiger partial charge on any atom is 0.0795 e. The van der Waals surface area contributed by atoms with E-state index in [0.29, 0.717) is 6.04 Å². The zero-order valence-electron chi connectivity index (χ0n) is 12.0. The van der Waals surface area contributed by atoms with Gasteiger partial charge in [-0.1, -0.05) is 26.7 Å². The highest BCUT2D eigenvalue weighted by Crippen LogP contribution is 2.06. The van der Waals surface area contributed by atoms with Gasteiger partial charge in [-0.3, -0.25) is 0 Å². The van der Waals surface area contributed by atoms with Crippen LogP contribution >= 0.6 is 11.3 Å². The molecule has 1 aromatic heterocycles. The number of thiazole rings is 1. The summed E-state index contributed by atoms with van der Waals surface area (Å²) in [4.78, 5) is 6.67. The second kappa shape index (κ2) is 9.48. The van der Waals surface area contributed by atoms with Crippen LogP contribution in [0.15, 0.2) is 10.9 Å². The summed E-state index contributed by atoms with van der Waals surface area (Å²) in [7, 11) is 2.18. The second-order valence-electron chi connectivity index (χ2n) is 5.24. The summed E-state index contributed by atoms with van der Waals surface area (Å²) in [5, 5.41) is 5.59. The molecule has 1 rings (SSSR count). The van der Waals surface area contributed by atoms with Gasteiger partial charge in [0.05, 0.1) is 11.2 Å². The van der Waals surface area contributed by atoms with E-state index in [1.165, 1.54) is 37.9 Å². The molecule has 1 N–H and O–H groups in total. The molecule has 18 heavy (non-hydrogen) atoms. The molecule has 0 aromatic carbocycles. The molecular weight excluding hydrogens is 242 g/mol. The number of nitrogens with one attached hydrogen (secondary N) is 1. The first kappa shape index (κ1) is 15.6. The average molecular weight is 269 g/mol. The Balaban J connectivity index is 1.91. The zero-order chi connectivity index (χ0) is 13.2. The van der Waals surface area contributed by atoms with Crippen LogP contribution in [0.3, 0.4) is 0 Å². The Morgan fingerprint density at radius 1 is 1.28 bits per heavy atom. The molecule has 0 radical (unpaired) electrons. The van der Waals surface area contributed by atoms with Gasteiger partial charge in [0.25, 0.3) is 0 Å². The van der Waals surface area contributed by atoms with Crippen molar-refractivity contribution in [3.8, 4) is 0 Å². The van der Waals surface area contributed by atoms with Gasteiger partial charge in [0.1, 0.15) is 0 Å². The van der Waals surface area contributed by atoms with Gasteiger partial charge in [-0.15, -0.1) is 11.3 Å². The zero-order valence-corrected chi connectivity index (χ0v) is 12.8. The summed E-state index contributed by atoms with van der Waals surface area (Å²) in [5.41, 5.74) is 3.11. The number of hydrogen-bond acceptors (Lipinski definition) is 4. The van der Waals surface area contributed by atoms with Gasteiger partial charge >= 0.3 is 0 Å². The Morgan fingerprint density at radius 3 is 2.72 bits per heavy atom. The van der Waals surface area contributed by atoms with Crippen molar-refractivity contribution in [3.63, 3.8) is 0 Å². The molecule has 0 saturated carbocycles. The Morgan fingerprint density at radius 2 is 2.06 bits per heavy atom. The topological polar surface area (TPSA) is 28.2 Å². The van der Waals surface area contributed by atoms with Crippen molar-refractivity contribution in [2.75, 3.05) is 20.1 Å². The van der Waals surface area contributed by atoms with E-state index in [9.17, 15) is 0 Å². The van der Waals surface area contributed by atoms with Crippen LogP contribution in [-0.2, 0) is 6.54 Å². The molecule has 3 nitrogen and oxygen atoms in total. The van der Waals surface area contributed by atoms with Crippen LogP contribution in [0.5, 0.6) is 0 Å². The van der Waals surface area contributed by atoms with Gasteiger partial charge < -0.3 is 10.2 Å². The highest BCUT2D eigenvalue weighted by Gasteiger charge is 2.01. The molecule has 0 unspecified atom stereocenters. The lowest BCUT2D eigenvalue weighted by Crippen LogP contribution is -2.23. The number of hydrogen-bond donors (Lipinski definition) is 1. The van der Waals surface area contributed by atoms with E-state index in [0.717, 1.165) is 13.1 Å². The summed E-state index contributed by atoms with van der Waals surface area (Å²) in [5.74, 6) is 0. The average Bonchev–Trinajstić information content (AvgIpc) is 2.80. The first-order valence-electron chi connectivity index (χ1n) is 6.97. The standard InChI is InChI=1S/C14H27N3S/c1-13(2)15-8-6-4-5-7-9-17(3)10-14-11-18-12-16-14/h11-13,15H,4-10H2,1-3H3. The van der Waals surface area contributed by atoms with E-state index in [-0.39, 0.29) is 0 Å². The van der Waals surface area contributed by atoms with Crippen LogP contribution in [0.4, 0.5) is 0 Å². The lowest BCUT2D eigenvalue weighted by Gasteiger charge is -2.15. The van der Waals surface area contributed by atoms with E-state index in [1.54, 1.807) is 11.3 Å². The van der Waals surface area contributed by atoms with Crippen LogP contribution in [0.1, 0.15) is 45.2 Å². The highest BCUT2D eigenvalue weighted by atomic mass is 32.1. The van der Waals surface area contributed by atoms with Gasteiger partial charge in [-0.25, -0.2) is 4.98 Å². The lowest BCUT2D eigenvalue weighted by atomic mass is 10.2. The summed E-state index contributed by atoms with van der Waals surface area (Å²) in [6, 6.07) is 0.620. The van der Waals surface area contributed by atoms with E-state index >= 15 is 0 Å². The fourth-order valence-electron chi connectivity index (χ4n) is 1.92. The van der Waals surface area contributed by atoms with Crippen molar-refractivity contribution in [1.82, 2.24) is 15.2 Å². The molecule has 1 heterocycles. The van der Waals surface area contributed by atoms with E-state index in [1.807, 2.05) is 5.51 Å². The predicted octanol–water partition coefficient (Wildman–Crippen LogP) is 3.13. The molecule has 104 valence electrons. The first-order chi connectivity index (χ1) is 8.68. The molecular formula is C14H27N3S. The highest BCUT2D eigenvalue weighted by molar-refractivity contribution is 7.07. The summed E-state index contributed by atoms with van der Waals surface area (Å²) < 4.78 is 0. The lowest BCUT2D eigenvalue weighted by molar-refractivity contribution is 0.313. The third kappa shape index (κ3) is 7.80. The molecule has 0 fully saturated rings. The first-order valence-corrected chi connectivity index (χ1v) is 7.91. The number of aromatic nitrogens is 1. The maximum absolute atomic E-state index is 4.31. The Labute approximate surface area is 116 Å². The quantitative estimate of drug-likeness (QED) is 0.661. The van der Waals surface area contributed by atoms with E-state index < -0.39 is 0 Å². The predicted molar refractivity (Wildman–Crippen MR) is 80.1 cm³/mol. The number of rotatable bonds is 10. The smallest absolute Gasteiger partial charge is 0.0795 e. The second-order valence-corrected chi connectivity index (χ2v) is 5.96. The van der Waals surface area contributed by atoms with Crippen molar-refractivity contribution in [2.45, 2.75) is 52.1 Å². The van der Waals surface area contributed by atoms with Crippen LogP contribution in [0, 0.1) is 0 Å². The fraction of sp³-hybridized carbons (Fsp3) is 0.786. The molecule has 0 aliphatic rings. The third-order valence-corrected chi connectivity index (χ3v) is 3.57. The molecule has 0 atom stereocenters. The van der Waals surface area contributed by atoms with Crippen LogP contribution < -0.4 is 5.32 Å². The van der Waals surface area contributed by atoms with Crippen molar-refractivity contribution in [1.29, 1.82) is 0 Å². The monoisotopic (exact) mass is 269 g/mol. The van der Waals surface area contributed by atoms with Gasteiger partial charge in [0.2, 0.25) is 0 Å². The summed E-state index contributed by atoms with van der Waals surface area (Å²) in [6.45, 7) is 7.72. The van der Waals surface area contributed by atoms with Crippen LogP contribution in [-0.4, -0.2) is 36.1 Å². The molecule has 0 amide bonds.